The van der Waals surface area contributed by atoms with E-state index >= 15 is 0 Å². The van der Waals surface area contributed by atoms with E-state index in [0.717, 1.165) is 47.4 Å². The van der Waals surface area contributed by atoms with Gasteiger partial charge in [-0.1, -0.05) is 47.8 Å². The Morgan fingerprint density at radius 3 is 2.36 bits per heavy atom. The standard InChI is InChI=1S/C23H25N3OS/c1-15-12-16(2)14-19(13-15)20-21(17-8-10-24-11-9-17)28-23(25-20)26-22(27)18-6-4-3-5-7-18/h8-14,18H,3-7H2,1-2H3,(H,25,26,27). The Labute approximate surface area is 170 Å². The number of nitrogens with one attached hydrogen (secondary N) is 1. The van der Waals surface area contributed by atoms with Gasteiger partial charge in [-0.25, -0.2) is 4.98 Å². The van der Waals surface area contributed by atoms with Crippen molar-refractivity contribution >= 4 is 22.4 Å². The molecule has 5 heteroatoms. The van der Waals surface area contributed by atoms with Crippen molar-refractivity contribution in [1.82, 2.24) is 9.97 Å². The molecule has 4 nitrogen and oxygen atoms in total. The van der Waals surface area contributed by atoms with E-state index in [1.807, 2.05) is 12.1 Å². The van der Waals surface area contributed by atoms with Crippen molar-refractivity contribution in [3.05, 3.63) is 53.9 Å². The number of amides is 1. The second-order valence-corrected chi connectivity index (χ2v) is 8.63. The summed E-state index contributed by atoms with van der Waals surface area (Å²) in [7, 11) is 0. The summed E-state index contributed by atoms with van der Waals surface area (Å²) in [6.07, 6.45) is 9.08. The van der Waals surface area contributed by atoms with Gasteiger partial charge in [0.05, 0.1) is 10.6 Å². The van der Waals surface area contributed by atoms with Gasteiger partial charge >= 0.3 is 0 Å². The van der Waals surface area contributed by atoms with Crippen LogP contribution in [0.3, 0.4) is 0 Å². The summed E-state index contributed by atoms with van der Waals surface area (Å²) in [4.78, 5) is 22.7. The Morgan fingerprint density at radius 2 is 1.68 bits per heavy atom. The third-order valence-electron chi connectivity index (χ3n) is 5.27. The molecule has 2 heterocycles. The van der Waals surface area contributed by atoms with E-state index in [2.05, 4.69) is 42.3 Å². The lowest BCUT2D eigenvalue weighted by atomic mass is 9.89. The summed E-state index contributed by atoms with van der Waals surface area (Å²) in [5, 5.41) is 3.77. The van der Waals surface area contributed by atoms with Gasteiger partial charge in [0, 0.05) is 23.9 Å². The van der Waals surface area contributed by atoms with Crippen molar-refractivity contribution in [2.24, 2.45) is 5.92 Å². The number of pyridine rings is 1. The number of thiazole rings is 1. The van der Waals surface area contributed by atoms with Gasteiger partial charge < -0.3 is 5.32 Å². The maximum atomic E-state index is 12.7. The third-order valence-corrected chi connectivity index (χ3v) is 6.29. The molecule has 28 heavy (non-hydrogen) atoms. The van der Waals surface area contributed by atoms with Crippen LogP contribution >= 0.6 is 11.3 Å². The summed E-state index contributed by atoms with van der Waals surface area (Å²) in [6.45, 7) is 4.20. The predicted octanol–water partition coefficient (Wildman–Crippen LogP) is 6.01. The van der Waals surface area contributed by atoms with Crippen LogP contribution in [0.2, 0.25) is 0 Å². The van der Waals surface area contributed by atoms with Crippen molar-refractivity contribution in [2.75, 3.05) is 5.32 Å². The fourth-order valence-electron chi connectivity index (χ4n) is 3.95. The molecule has 0 atom stereocenters. The van der Waals surface area contributed by atoms with E-state index in [9.17, 15) is 4.79 Å². The van der Waals surface area contributed by atoms with Crippen LogP contribution in [-0.2, 0) is 4.79 Å². The van der Waals surface area contributed by atoms with Gasteiger partial charge in [0.1, 0.15) is 0 Å². The zero-order valence-corrected chi connectivity index (χ0v) is 17.2. The minimum absolute atomic E-state index is 0.113. The van der Waals surface area contributed by atoms with Gasteiger partial charge in [0.2, 0.25) is 5.91 Å². The Morgan fingerprint density at radius 1 is 1.00 bits per heavy atom. The zero-order valence-electron chi connectivity index (χ0n) is 16.4. The van der Waals surface area contributed by atoms with Crippen LogP contribution in [0.25, 0.3) is 21.7 Å². The number of aryl methyl sites for hydroxylation is 2. The second kappa shape index (κ2) is 8.23. The molecule has 1 aliphatic carbocycles. The average molecular weight is 392 g/mol. The molecule has 4 rings (SSSR count). The number of anilines is 1. The van der Waals surface area contributed by atoms with Crippen molar-refractivity contribution < 1.29 is 4.79 Å². The van der Waals surface area contributed by atoms with Crippen LogP contribution in [0.15, 0.2) is 42.7 Å². The minimum Gasteiger partial charge on any atom is -0.302 e. The number of aromatic nitrogens is 2. The largest absolute Gasteiger partial charge is 0.302 e. The van der Waals surface area contributed by atoms with Crippen LogP contribution in [0.1, 0.15) is 43.2 Å². The Hall–Kier alpha value is -2.53. The quantitative estimate of drug-likeness (QED) is 0.593. The summed E-state index contributed by atoms with van der Waals surface area (Å²) in [5.74, 6) is 0.230. The summed E-state index contributed by atoms with van der Waals surface area (Å²) in [5.41, 5.74) is 5.48. The molecule has 0 radical (unpaired) electrons. The SMILES string of the molecule is Cc1cc(C)cc(-c2nc(NC(=O)C3CCCCC3)sc2-c2ccncc2)c1. The van der Waals surface area contributed by atoms with Crippen LogP contribution in [0.4, 0.5) is 5.13 Å². The van der Waals surface area contributed by atoms with Crippen molar-refractivity contribution in [2.45, 2.75) is 46.0 Å². The first-order chi connectivity index (χ1) is 13.6. The molecule has 2 aromatic heterocycles. The predicted molar refractivity (Wildman–Crippen MR) is 115 cm³/mol. The van der Waals surface area contributed by atoms with E-state index in [1.165, 1.54) is 17.5 Å². The van der Waals surface area contributed by atoms with Crippen molar-refractivity contribution in [1.29, 1.82) is 0 Å². The highest BCUT2D eigenvalue weighted by molar-refractivity contribution is 7.19. The zero-order chi connectivity index (χ0) is 19.5. The molecule has 1 aromatic carbocycles. The van der Waals surface area contributed by atoms with Gasteiger partial charge in [-0.3, -0.25) is 9.78 Å². The number of nitrogens with zero attached hydrogens (tertiary/aromatic N) is 2. The highest BCUT2D eigenvalue weighted by Crippen LogP contribution is 2.39. The fourth-order valence-corrected chi connectivity index (χ4v) is 4.95. The average Bonchev–Trinajstić information content (AvgIpc) is 3.12. The molecular formula is C23H25N3OS. The Balaban J connectivity index is 1.71. The first kappa shape index (κ1) is 18.8. The third kappa shape index (κ3) is 4.14. The summed E-state index contributed by atoms with van der Waals surface area (Å²) >= 11 is 1.54. The van der Waals surface area contributed by atoms with Crippen molar-refractivity contribution in [3.8, 4) is 21.7 Å². The highest BCUT2D eigenvalue weighted by atomic mass is 32.1. The minimum atomic E-state index is 0.113. The highest BCUT2D eigenvalue weighted by Gasteiger charge is 2.23. The van der Waals surface area contributed by atoms with Crippen LogP contribution < -0.4 is 5.32 Å². The Kier molecular flexibility index (Phi) is 5.53. The molecule has 0 bridgehead atoms. The Bertz CT molecular complexity index is 955. The molecule has 0 aliphatic heterocycles. The molecular weight excluding hydrogens is 366 g/mol. The smallest absolute Gasteiger partial charge is 0.229 e. The van der Waals surface area contributed by atoms with E-state index in [4.69, 9.17) is 4.98 Å². The molecule has 144 valence electrons. The monoisotopic (exact) mass is 391 g/mol. The molecule has 1 fully saturated rings. The first-order valence-electron chi connectivity index (χ1n) is 9.91. The van der Waals surface area contributed by atoms with Gasteiger partial charge in [-0.2, -0.15) is 0 Å². The molecule has 1 saturated carbocycles. The number of hydrogen-bond donors (Lipinski definition) is 1. The molecule has 0 spiro atoms. The van der Waals surface area contributed by atoms with Crippen molar-refractivity contribution in [3.63, 3.8) is 0 Å². The van der Waals surface area contributed by atoms with E-state index in [0.29, 0.717) is 5.13 Å². The normalized spacial score (nSPS) is 14.8. The molecule has 1 aliphatic rings. The second-order valence-electron chi connectivity index (χ2n) is 7.63. The summed E-state index contributed by atoms with van der Waals surface area (Å²) < 4.78 is 0. The van der Waals surface area contributed by atoms with Gasteiger partial charge in [-0.15, -0.1) is 0 Å². The number of carbonyl (C=O) groups excluding carboxylic acids is 1. The van der Waals surface area contributed by atoms with Crippen LogP contribution in [0, 0.1) is 19.8 Å². The number of rotatable bonds is 4. The summed E-state index contributed by atoms with van der Waals surface area (Å²) in [6, 6.07) is 10.4. The topological polar surface area (TPSA) is 54.9 Å². The number of carbonyl (C=O) groups is 1. The maximum Gasteiger partial charge on any atom is 0.229 e. The number of hydrogen-bond acceptors (Lipinski definition) is 4. The van der Waals surface area contributed by atoms with E-state index in [1.54, 1.807) is 23.7 Å². The lowest BCUT2D eigenvalue weighted by Gasteiger charge is -2.19. The molecule has 0 saturated heterocycles. The number of benzene rings is 1. The lowest BCUT2D eigenvalue weighted by Crippen LogP contribution is -2.24. The van der Waals surface area contributed by atoms with Crippen LogP contribution in [-0.4, -0.2) is 15.9 Å². The molecule has 1 amide bonds. The van der Waals surface area contributed by atoms with E-state index in [-0.39, 0.29) is 11.8 Å². The molecule has 3 aromatic rings. The maximum absolute atomic E-state index is 12.7. The first-order valence-corrected chi connectivity index (χ1v) is 10.7. The van der Waals surface area contributed by atoms with Gasteiger partial charge in [-0.05, 0) is 56.5 Å². The fraction of sp³-hybridized carbons (Fsp3) is 0.348. The van der Waals surface area contributed by atoms with Gasteiger partial charge in [0.15, 0.2) is 5.13 Å². The van der Waals surface area contributed by atoms with Gasteiger partial charge in [0.25, 0.3) is 0 Å². The molecule has 0 unspecified atom stereocenters. The lowest BCUT2D eigenvalue weighted by molar-refractivity contribution is -0.120. The van der Waals surface area contributed by atoms with E-state index < -0.39 is 0 Å². The molecule has 1 N–H and O–H groups in total. The van der Waals surface area contributed by atoms with Crippen LogP contribution in [0.5, 0.6) is 0 Å².